The Morgan fingerprint density at radius 3 is 2.85 bits per heavy atom. The molecule has 0 spiro atoms. The molecule has 0 saturated carbocycles. The molecule has 1 atom stereocenters. The van der Waals surface area contributed by atoms with Crippen molar-refractivity contribution >= 4 is 0 Å². The monoisotopic (exact) mass is 272 g/mol. The van der Waals surface area contributed by atoms with Crippen LogP contribution in [-0.2, 0) is 20.0 Å². The summed E-state index contributed by atoms with van der Waals surface area (Å²) in [5.41, 5.74) is 10.7. The lowest BCUT2D eigenvalue weighted by molar-refractivity contribution is 0.275. The molecule has 0 aliphatic heterocycles. The lowest BCUT2D eigenvalue weighted by atomic mass is 9.74. The van der Waals surface area contributed by atoms with Gasteiger partial charge in [0, 0.05) is 36.9 Å². The Hall–Kier alpha value is -1.55. The Balaban J connectivity index is 2.03. The molecule has 0 aromatic carbocycles. The number of aryl methyl sites for hydroxylation is 2. The van der Waals surface area contributed by atoms with Crippen LogP contribution >= 0.6 is 0 Å². The van der Waals surface area contributed by atoms with Crippen molar-refractivity contribution in [2.45, 2.75) is 46.2 Å². The SMILES string of the molecule is Cc1cc2c(n1Cc1nccn1C)CC(C)(C)CC2N. The molecule has 0 bridgehead atoms. The molecule has 4 heteroatoms. The van der Waals surface area contributed by atoms with Gasteiger partial charge in [0.15, 0.2) is 0 Å². The van der Waals surface area contributed by atoms with E-state index >= 15 is 0 Å². The highest BCUT2D eigenvalue weighted by atomic mass is 15.1. The zero-order valence-corrected chi connectivity index (χ0v) is 12.8. The first kappa shape index (κ1) is 13.4. The predicted molar refractivity (Wildman–Crippen MR) is 80.5 cm³/mol. The van der Waals surface area contributed by atoms with E-state index in [1.54, 1.807) is 0 Å². The van der Waals surface area contributed by atoms with E-state index in [4.69, 9.17) is 5.73 Å². The Morgan fingerprint density at radius 2 is 2.20 bits per heavy atom. The molecule has 1 aliphatic rings. The van der Waals surface area contributed by atoms with Gasteiger partial charge in [0.25, 0.3) is 0 Å². The van der Waals surface area contributed by atoms with Gasteiger partial charge in [-0.1, -0.05) is 13.8 Å². The van der Waals surface area contributed by atoms with Gasteiger partial charge in [0.1, 0.15) is 5.82 Å². The number of nitrogens with two attached hydrogens (primary N) is 1. The Bertz CT molecular complexity index is 633. The third kappa shape index (κ3) is 2.18. The summed E-state index contributed by atoms with van der Waals surface area (Å²) in [6, 6.07) is 2.42. The molecule has 3 rings (SSSR count). The molecule has 2 N–H and O–H groups in total. The summed E-state index contributed by atoms with van der Waals surface area (Å²) >= 11 is 0. The van der Waals surface area contributed by atoms with Crippen LogP contribution in [0.2, 0.25) is 0 Å². The van der Waals surface area contributed by atoms with Crippen LogP contribution in [0.1, 0.15) is 49.1 Å². The maximum atomic E-state index is 6.37. The summed E-state index contributed by atoms with van der Waals surface area (Å²) in [6.07, 6.45) is 6.01. The largest absolute Gasteiger partial charge is 0.341 e. The number of hydrogen-bond acceptors (Lipinski definition) is 2. The topological polar surface area (TPSA) is 48.8 Å². The molecular weight excluding hydrogens is 248 g/mol. The van der Waals surface area contributed by atoms with Crippen LogP contribution < -0.4 is 5.73 Å². The minimum Gasteiger partial charge on any atom is -0.341 e. The molecule has 2 heterocycles. The summed E-state index contributed by atoms with van der Waals surface area (Å²) < 4.78 is 4.47. The fraction of sp³-hybridized carbons (Fsp3) is 0.562. The van der Waals surface area contributed by atoms with Crippen molar-refractivity contribution in [1.82, 2.24) is 14.1 Å². The van der Waals surface area contributed by atoms with Crippen LogP contribution in [-0.4, -0.2) is 14.1 Å². The molecule has 108 valence electrons. The Kier molecular flexibility index (Phi) is 3.01. The van der Waals surface area contributed by atoms with Crippen LogP contribution in [0.15, 0.2) is 18.5 Å². The lowest BCUT2D eigenvalue weighted by Gasteiger charge is -2.34. The van der Waals surface area contributed by atoms with Gasteiger partial charge in [0.05, 0.1) is 6.54 Å². The average Bonchev–Trinajstić information content (AvgIpc) is 2.86. The highest BCUT2D eigenvalue weighted by Gasteiger charge is 2.33. The van der Waals surface area contributed by atoms with E-state index in [-0.39, 0.29) is 11.5 Å². The second-order valence-corrected chi connectivity index (χ2v) is 6.88. The van der Waals surface area contributed by atoms with Gasteiger partial charge in [-0.25, -0.2) is 4.98 Å². The third-order valence-electron chi connectivity index (χ3n) is 4.49. The fourth-order valence-corrected chi connectivity index (χ4v) is 3.41. The van der Waals surface area contributed by atoms with E-state index in [2.05, 4.69) is 41.0 Å². The van der Waals surface area contributed by atoms with Crippen LogP contribution in [0.4, 0.5) is 0 Å². The van der Waals surface area contributed by atoms with Crippen molar-refractivity contribution in [3.05, 3.63) is 41.2 Å². The fourth-order valence-electron chi connectivity index (χ4n) is 3.41. The second kappa shape index (κ2) is 4.48. The highest BCUT2D eigenvalue weighted by molar-refractivity contribution is 5.34. The van der Waals surface area contributed by atoms with Gasteiger partial charge in [-0.2, -0.15) is 0 Å². The van der Waals surface area contributed by atoms with Crippen molar-refractivity contribution in [3.8, 4) is 0 Å². The molecule has 2 aromatic heterocycles. The standard InChI is InChI=1S/C16H24N4/c1-11-7-12-13(17)8-16(2,3)9-14(12)20(11)10-15-18-5-6-19(15)4/h5-7,13H,8-10,17H2,1-4H3. The molecule has 0 fully saturated rings. The molecular formula is C16H24N4. The molecule has 2 aromatic rings. The van der Waals surface area contributed by atoms with E-state index < -0.39 is 0 Å². The van der Waals surface area contributed by atoms with Crippen LogP contribution in [0.3, 0.4) is 0 Å². The molecule has 0 saturated heterocycles. The van der Waals surface area contributed by atoms with Crippen molar-refractivity contribution < 1.29 is 0 Å². The molecule has 1 unspecified atom stereocenters. The Morgan fingerprint density at radius 1 is 1.45 bits per heavy atom. The number of rotatable bonds is 2. The van der Waals surface area contributed by atoms with Gasteiger partial charge in [-0.3, -0.25) is 0 Å². The highest BCUT2D eigenvalue weighted by Crippen LogP contribution is 2.40. The molecule has 0 amide bonds. The summed E-state index contributed by atoms with van der Waals surface area (Å²) in [4.78, 5) is 4.45. The van der Waals surface area contributed by atoms with Gasteiger partial charge < -0.3 is 14.9 Å². The lowest BCUT2D eigenvalue weighted by Crippen LogP contribution is -2.30. The van der Waals surface area contributed by atoms with Crippen molar-refractivity contribution in [3.63, 3.8) is 0 Å². The minimum absolute atomic E-state index is 0.162. The smallest absolute Gasteiger partial charge is 0.128 e. The average molecular weight is 272 g/mol. The normalized spacial score (nSPS) is 20.9. The summed E-state index contributed by atoms with van der Waals surface area (Å²) in [6.45, 7) is 7.61. The van der Waals surface area contributed by atoms with Crippen molar-refractivity contribution in [1.29, 1.82) is 0 Å². The van der Waals surface area contributed by atoms with Gasteiger partial charge in [-0.15, -0.1) is 0 Å². The van der Waals surface area contributed by atoms with E-state index in [1.165, 1.54) is 17.0 Å². The molecule has 4 nitrogen and oxygen atoms in total. The first-order valence-corrected chi connectivity index (χ1v) is 7.28. The first-order valence-electron chi connectivity index (χ1n) is 7.28. The maximum absolute atomic E-state index is 6.37. The van der Waals surface area contributed by atoms with E-state index in [0.29, 0.717) is 0 Å². The molecule has 0 radical (unpaired) electrons. The molecule has 20 heavy (non-hydrogen) atoms. The van der Waals surface area contributed by atoms with Gasteiger partial charge >= 0.3 is 0 Å². The van der Waals surface area contributed by atoms with E-state index in [1.807, 2.05) is 19.4 Å². The number of aromatic nitrogens is 3. The summed E-state index contributed by atoms with van der Waals surface area (Å²) in [7, 11) is 2.04. The van der Waals surface area contributed by atoms with Crippen LogP contribution in [0.25, 0.3) is 0 Å². The first-order chi connectivity index (χ1) is 9.37. The third-order valence-corrected chi connectivity index (χ3v) is 4.49. The summed E-state index contributed by atoms with van der Waals surface area (Å²) in [5, 5.41) is 0. The maximum Gasteiger partial charge on any atom is 0.128 e. The van der Waals surface area contributed by atoms with Gasteiger partial charge in [-0.05, 0) is 36.8 Å². The summed E-state index contributed by atoms with van der Waals surface area (Å²) in [5.74, 6) is 1.09. The number of fused-ring (bicyclic) bond motifs is 1. The molecule has 1 aliphatic carbocycles. The van der Waals surface area contributed by atoms with Crippen LogP contribution in [0, 0.1) is 12.3 Å². The van der Waals surface area contributed by atoms with E-state index in [0.717, 1.165) is 25.2 Å². The number of imidazole rings is 1. The van der Waals surface area contributed by atoms with Gasteiger partial charge in [0.2, 0.25) is 0 Å². The zero-order chi connectivity index (χ0) is 14.5. The predicted octanol–water partition coefficient (Wildman–Crippen LogP) is 2.55. The minimum atomic E-state index is 0.162. The number of nitrogens with zero attached hydrogens (tertiary/aromatic N) is 3. The van der Waals surface area contributed by atoms with Crippen LogP contribution in [0.5, 0.6) is 0 Å². The van der Waals surface area contributed by atoms with Crippen molar-refractivity contribution in [2.24, 2.45) is 18.2 Å². The second-order valence-electron chi connectivity index (χ2n) is 6.88. The number of hydrogen-bond donors (Lipinski definition) is 1. The van der Waals surface area contributed by atoms with Crippen molar-refractivity contribution in [2.75, 3.05) is 0 Å². The zero-order valence-electron chi connectivity index (χ0n) is 12.8. The quantitative estimate of drug-likeness (QED) is 0.913. The Labute approximate surface area is 120 Å². The van der Waals surface area contributed by atoms with E-state index in [9.17, 15) is 0 Å².